The van der Waals surface area contributed by atoms with Gasteiger partial charge in [-0.1, -0.05) is 5.16 Å². The summed E-state index contributed by atoms with van der Waals surface area (Å²) in [7, 11) is -4.08. The van der Waals surface area contributed by atoms with Gasteiger partial charge in [-0.2, -0.15) is 4.98 Å². The highest BCUT2D eigenvalue weighted by molar-refractivity contribution is 7.93. The van der Waals surface area contributed by atoms with Crippen LogP contribution in [0.2, 0.25) is 0 Å². The standard InChI is InChI=1S/C25H29N3O8S/c1-2-34-19-7-5-18(6-8-19)23-26-22(36-28-23)4-3-15-35-20-9-11-21(12-10-20)37(31,32)25(24(29)27-30)13-16-33-17-14-25/h5-12,30H,2-4,13-17H2,1H3,(H,27,29). The molecule has 198 valence electrons. The Balaban J connectivity index is 1.31. The highest BCUT2D eigenvalue weighted by Crippen LogP contribution is 2.35. The number of hydrogen-bond acceptors (Lipinski definition) is 10. The lowest BCUT2D eigenvalue weighted by atomic mass is 9.98. The number of hydroxylamine groups is 1. The molecule has 2 N–H and O–H groups in total. The molecule has 0 aliphatic carbocycles. The maximum atomic E-state index is 13.3. The maximum Gasteiger partial charge on any atom is 0.265 e. The van der Waals surface area contributed by atoms with Crippen LogP contribution in [0, 0.1) is 0 Å². The van der Waals surface area contributed by atoms with Crippen molar-refractivity contribution in [2.24, 2.45) is 0 Å². The second-order valence-electron chi connectivity index (χ2n) is 8.44. The van der Waals surface area contributed by atoms with Crippen molar-refractivity contribution in [2.45, 2.75) is 42.2 Å². The molecule has 0 saturated carbocycles. The van der Waals surface area contributed by atoms with Crippen LogP contribution in [0.1, 0.15) is 32.1 Å². The minimum absolute atomic E-state index is 0.0296. The van der Waals surface area contributed by atoms with Crippen LogP contribution in [-0.2, 0) is 25.8 Å². The molecule has 2 heterocycles. The number of rotatable bonds is 11. The summed E-state index contributed by atoms with van der Waals surface area (Å²) >= 11 is 0. The lowest BCUT2D eigenvalue weighted by Gasteiger charge is -2.34. The zero-order valence-electron chi connectivity index (χ0n) is 20.4. The van der Waals surface area contributed by atoms with Gasteiger partial charge in [-0.3, -0.25) is 10.0 Å². The van der Waals surface area contributed by atoms with Crippen LogP contribution in [0.3, 0.4) is 0 Å². The molecule has 2 aromatic carbocycles. The van der Waals surface area contributed by atoms with Crippen LogP contribution in [-0.4, -0.2) is 60.8 Å². The number of sulfone groups is 1. The Labute approximate surface area is 214 Å². The molecule has 0 bridgehead atoms. The number of carbonyl (C=O) groups is 1. The van der Waals surface area contributed by atoms with Crippen molar-refractivity contribution < 1.29 is 37.2 Å². The number of benzene rings is 2. The van der Waals surface area contributed by atoms with E-state index in [4.69, 9.17) is 23.9 Å². The largest absolute Gasteiger partial charge is 0.494 e. The number of aryl methyl sites for hydroxylation is 1. The quantitative estimate of drug-likeness (QED) is 0.215. The molecular formula is C25H29N3O8S. The predicted octanol–water partition coefficient (Wildman–Crippen LogP) is 2.98. The number of aromatic nitrogens is 2. The van der Waals surface area contributed by atoms with E-state index in [1.54, 1.807) is 0 Å². The van der Waals surface area contributed by atoms with Gasteiger partial charge in [-0.25, -0.2) is 13.9 Å². The molecule has 0 atom stereocenters. The average Bonchev–Trinajstić information content (AvgIpc) is 3.41. The molecular weight excluding hydrogens is 502 g/mol. The van der Waals surface area contributed by atoms with Crippen molar-refractivity contribution in [3.63, 3.8) is 0 Å². The van der Waals surface area contributed by atoms with Gasteiger partial charge in [-0.05, 0) is 74.7 Å². The van der Waals surface area contributed by atoms with E-state index >= 15 is 0 Å². The van der Waals surface area contributed by atoms with E-state index in [2.05, 4.69) is 10.1 Å². The van der Waals surface area contributed by atoms with Gasteiger partial charge < -0.3 is 18.7 Å². The molecule has 11 nitrogen and oxygen atoms in total. The minimum Gasteiger partial charge on any atom is -0.494 e. The Hall–Kier alpha value is -3.48. The Morgan fingerprint density at radius 1 is 1.05 bits per heavy atom. The van der Waals surface area contributed by atoms with E-state index in [-0.39, 0.29) is 31.0 Å². The van der Waals surface area contributed by atoms with E-state index in [0.29, 0.717) is 43.5 Å². The molecule has 3 aromatic rings. The van der Waals surface area contributed by atoms with Gasteiger partial charge in [0.2, 0.25) is 11.7 Å². The fraction of sp³-hybridized carbons (Fsp3) is 0.400. The first-order valence-corrected chi connectivity index (χ1v) is 13.4. The fourth-order valence-electron chi connectivity index (χ4n) is 4.12. The number of nitrogens with zero attached hydrogens (tertiary/aromatic N) is 2. The predicted molar refractivity (Wildman–Crippen MR) is 131 cm³/mol. The summed E-state index contributed by atoms with van der Waals surface area (Å²) in [5.74, 6) is 1.28. The van der Waals surface area contributed by atoms with E-state index < -0.39 is 20.5 Å². The molecule has 0 unspecified atom stereocenters. The second-order valence-corrected chi connectivity index (χ2v) is 10.7. The summed E-state index contributed by atoms with van der Waals surface area (Å²) in [6.07, 6.45) is 1.02. The number of nitrogens with one attached hydrogen (secondary N) is 1. The molecule has 37 heavy (non-hydrogen) atoms. The first-order chi connectivity index (χ1) is 17.9. The molecule has 1 aromatic heterocycles. The van der Waals surface area contributed by atoms with Gasteiger partial charge in [0.25, 0.3) is 5.91 Å². The summed E-state index contributed by atoms with van der Waals surface area (Å²) in [5.41, 5.74) is 2.33. The molecule has 1 amide bonds. The lowest BCUT2D eigenvalue weighted by molar-refractivity contribution is -0.134. The van der Waals surface area contributed by atoms with Crippen LogP contribution in [0.4, 0.5) is 0 Å². The molecule has 1 aliphatic rings. The topological polar surface area (TPSA) is 150 Å². The normalized spacial score (nSPS) is 15.2. The SMILES string of the molecule is CCOc1ccc(-c2noc(CCCOc3ccc(S(=O)(=O)C4(C(=O)NO)CCOCC4)cc3)n2)cc1. The molecule has 1 fully saturated rings. The van der Waals surface area contributed by atoms with Gasteiger partial charge in [0.1, 0.15) is 11.5 Å². The lowest BCUT2D eigenvalue weighted by Crippen LogP contribution is -2.54. The monoisotopic (exact) mass is 531 g/mol. The van der Waals surface area contributed by atoms with Crippen LogP contribution in [0.5, 0.6) is 11.5 Å². The summed E-state index contributed by atoms with van der Waals surface area (Å²) < 4.78 is 46.5. The molecule has 4 rings (SSSR count). The van der Waals surface area contributed by atoms with E-state index in [1.165, 1.54) is 29.7 Å². The number of carbonyl (C=O) groups excluding carboxylic acids is 1. The number of ether oxygens (including phenoxy) is 3. The van der Waals surface area contributed by atoms with Crippen LogP contribution in [0.15, 0.2) is 57.9 Å². The van der Waals surface area contributed by atoms with E-state index in [1.807, 2.05) is 31.2 Å². The smallest absolute Gasteiger partial charge is 0.265 e. The number of hydrogen-bond donors (Lipinski definition) is 2. The van der Waals surface area contributed by atoms with E-state index in [9.17, 15) is 13.2 Å². The first-order valence-electron chi connectivity index (χ1n) is 12.0. The zero-order chi connectivity index (χ0) is 26.3. The Bertz CT molecular complexity index is 1280. The minimum atomic E-state index is -4.08. The van der Waals surface area contributed by atoms with Gasteiger partial charge in [0.05, 0.1) is 18.1 Å². The molecule has 12 heteroatoms. The molecule has 0 spiro atoms. The van der Waals surface area contributed by atoms with Crippen molar-refractivity contribution >= 4 is 15.7 Å². The summed E-state index contributed by atoms with van der Waals surface area (Å²) in [5, 5.41) is 13.2. The maximum absolute atomic E-state index is 13.3. The molecule has 0 radical (unpaired) electrons. The Morgan fingerprint density at radius 2 is 1.70 bits per heavy atom. The second kappa shape index (κ2) is 11.7. The van der Waals surface area contributed by atoms with Crippen LogP contribution < -0.4 is 15.0 Å². The van der Waals surface area contributed by atoms with Crippen molar-refractivity contribution in [3.8, 4) is 22.9 Å². The fourth-order valence-corrected chi connectivity index (χ4v) is 6.05. The van der Waals surface area contributed by atoms with E-state index in [0.717, 1.165) is 11.3 Å². The molecule has 1 aliphatic heterocycles. The highest BCUT2D eigenvalue weighted by Gasteiger charge is 2.52. The Morgan fingerprint density at radius 3 is 2.35 bits per heavy atom. The van der Waals surface area contributed by atoms with Crippen molar-refractivity contribution in [1.29, 1.82) is 0 Å². The average molecular weight is 532 g/mol. The van der Waals surface area contributed by atoms with Gasteiger partial charge in [0.15, 0.2) is 14.6 Å². The Kier molecular flexibility index (Phi) is 8.41. The first kappa shape index (κ1) is 26.6. The third-order valence-corrected chi connectivity index (χ3v) is 8.67. The van der Waals surface area contributed by atoms with Gasteiger partial charge >= 0.3 is 0 Å². The van der Waals surface area contributed by atoms with Crippen molar-refractivity contribution in [1.82, 2.24) is 15.6 Å². The van der Waals surface area contributed by atoms with Crippen molar-refractivity contribution in [2.75, 3.05) is 26.4 Å². The van der Waals surface area contributed by atoms with Gasteiger partial charge in [-0.15, -0.1) is 0 Å². The summed E-state index contributed by atoms with van der Waals surface area (Å²) in [6.45, 7) is 3.08. The highest BCUT2D eigenvalue weighted by atomic mass is 32.2. The van der Waals surface area contributed by atoms with Crippen molar-refractivity contribution in [3.05, 3.63) is 54.4 Å². The molecule has 1 saturated heterocycles. The van der Waals surface area contributed by atoms with Crippen LogP contribution in [0.25, 0.3) is 11.4 Å². The summed E-state index contributed by atoms with van der Waals surface area (Å²) in [4.78, 5) is 16.7. The third kappa shape index (κ3) is 5.76. The zero-order valence-corrected chi connectivity index (χ0v) is 21.2. The van der Waals surface area contributed by atoms with Crippen LogP contribution >= 0.6 is 0 Å². The summed E-state index contributed by atoms with van der Waals surface area (Å²) in [6, 6.07) is 13.3. The third-order valence-electron chi connectivity index (χ3n) is 6.16. The number of amides is 1. The van der Waals surface area contributed by atoms with Gasteiger partial charge in [0, 0.05) is 25.2 Å².